The number of nitriles is 1. The number of nitrogens with zero attached hydrogens (tertiary/aromatic N) is 6. The molecule has 1 atom stereocenters. The number of likely N-dealkylation sites (tertiary alicyclic amines) is 1. The second-order valence-electron chi connectivity index (χ2n) is 8.76. The lowest BCUT2D eigenvalue weighted by Gasteiger charge is -2.11. The largest absolute Gasteiger partial charge is 0.347 e. The number of hydrogen-bond donors (Lipinski definition) is 1. The van der Waals surface area contributed by atoms with Crippen molar-refractivity contribution in [2.24, 2.45) is 7.05 Å². The average molecular weight is 458 g/mol. The fourth-order valence-corrected chi connectivity index (χ4v) is 4.41. The van der Waals surface area contributed by atoms with Crippen molar-refractivity contribution in [2.45, 2.75) is 19.4 Å². The van der Waals surface area contributed by atoms with E-state index < -0.39 is 5.82 Å². The molecule has 0 spiro atoms. The van der Waals surface area contributed by atoms with Crippen LogP contribution in [0.5, 0.6) is 0 Å². The number of aryl methyl sites for hydroxylation is 2. The van der Waals surface area contributed by atoms with E-state index in [0.717, 1.165) is 41.8 Å². The molecular formula is C25H24FN7O. The van der Waals surface area contributed by atoms with Gasteiger partial charge >= 0.3 is 0 Å². The van der Waals surface area contributed by atoms with Crippen molar-refractivity contribution >= 4 is 16.8 Å². The van der Waals surface area contributed by atoms with Gasteiger partial charge in [0.2, 0.25) is 0 Å². The minimum absolute atomic E-state index is 0.0439. The van der Waals surface area contributed by atoms with E-state index in [1.807, 2.05) is 50.0 Å². The molecule has 5 rings (SSSR count). The number of benzene rings is 2. The SMILES string of the molecule is Cc1c2cc(-n3cc(C(=O)N[C@@H]4CCN(C)C4)nc3-c3ccc(C#N)c(F)c3)ccc2nn1C. The number of imidazole rings is 1. The van der Waals surface area contributed by atoms with Gasteiger partial charge in [0, 0.05) is 48.2 Å². The van der Waals surface area contributed by atoms with Crippen molar-refractivity contribution in [1.82, 2.24) is 29.5 Å². The second kappa shape index (κ2) is 8.39. The van der Waals surface area contributed by atoms with E-state index in [2.05, 4.69) is 20.3 Å². The predicted molar refractivity (Wildman–Crippen MR) is 126 cm³/mol. The molecule has 172 valence electrons. The third kappa shape index (κ3) is 3.82. The van der Waals surface area contributed by atoms with Crippen LogP contribution in [0, 0.1) is 24.1 Å². The lowest BCUT2D eigenvalue weighted by atomic mass is 10.1. The first-order valence-electron chi connectivity index (χ1n) is 11.1. The summed E-state index contributed by atoms with van der Waals surface area (Å²) in [5, 5.41) is 17.6. The van der Waals surface area contributed by atoms with Crippen LogP contribution in [-0.2, 0) is 7.05 Å². The normalized spacial score (nSPS) is 16.1. The van der Waals surface area contributed by atoms with Crippen molar-refractivity contribution in [1.29, 1.82) is 5.26 Å². The Morgan fingerprint density at radius 2 is 2.06 bits per heavy atom. The van der Waals surface area contributed by atoms with Crippen LogP contribution in [0.4, 0.5) is 4.39 Å². The molecule has 9 heteroatoms. The molecule has 0 bridgehead atoms. The standard InChI is InChI=1S/C25H24FN7O/c1-15-20-11-19(6-7-22(20)30-32(15)3)33-14-23(25(34)28-18-8-9-31(2)13-18)29-24(33)16-4-5-17(12-27)21(26)10-16/h4-7,10-11,14,18H,8-9,13H2,1-3H3,(H,28,34)/t18-/m1/s1. The maximum absolute atomic E-state index is 14.5. The number of rotatable bonds is 4. The number of fused-ring (bicyclic) bond motifs is 1. The zero-order valence-corrected chi connectivity index (χ0v) is 19.2. The molecule has 1 fully saturated rings. The Balaban J connectivity index is 1.60. The van der Waals surface area contributed by atoms with Gasteiger partial charge in [0.1, 0.15) is 23.4 Å². The number of likely N-dealkylation sites (N-methyl/N-ethyl adjacent to an activating group) is 1. The summed E-state index contributed by atoms with van der Waals surface area (Å²) in [4.78, 5) is 19.8. The van der Waals surface area contributed by atoms with Crippen molar-refractivity contribution in [2.75, 3.05) is 20.1 Å². The van der Waals surface area contributed by atoms with Crippen molar-refractivity contribution in [3.05, 3.63) is 65.4 Å². The number of carbonyl (C=O) groups excluding carboxylic acids is 1. The minimum atomic E-state index is -0.631. The smallest absolute Gasteiger partial charge is 0.271 e. The molecule has 2 aromatic heterocycles. The number of nitrogens with one attached hydrogen (secondary N) is 1. The Morgan fingerprint density at radius 3 is 2.76 bits per heavy atom. The molecule has 0 saturated carbocycles. The Hall–Kier alpha value is -4.03. The van der Waals surface area contributed by atoms with Gasteiger partial charge in [-0.3, -0.25) is 14.0 Å². The van der Waals surface area contributed by atoms with E-state index in [-0.39, 0.29) is 23.2 Å². The highest BCUT2D eigenvalue weighted by Gasteiger charge is 2.24. The van der Waals surface area contributed by atoms with E-state index >= 15 is 0 Å². The molecule has 0 aliphatic carbocycles. The predicted octanol–water partition coefficient (Wildman–Crippen LogP) is 3.18. The van der Waals surface area contributed by atoms with Crippen LogP contribution in [-0.4, -0.2) is 56.3 Å². The summed E-state index contributed by atoms with van der Waals surface area (Å²) < 4.78 is 18.0. The maximum Gasteiger partial charge on any atom is 0.271 e. The van der Waals surface area contributed by atoms with Gasteiger partial charge < -0.3 is 10.2 Å². The maximum atomic E-state index is 14.5. The first kappa shape index (κ1) is 21.8. The third-order valence-electron chi connectivity index (χ3n) is 6.40. The number of hydrogen-bond acceptors (Lipinski definition) is 5. The van der Waals surface area contributed by atoms with Crippen LogP contribution in [0.1, 0.15) is 28.2 Å². The van der Waals surface area contributed by atoms with E-state index in [1.54, 1.807) is 16.8 Å². The number of carbonyl (C=O) groups is 1. The van der Waals surface area contributed by atoms with E-state index in [0.29, 0.717) is 11.4 Å². The van der Waals surface area contributed by atoms with Crippen LogP contribution in [0.3, 0.4) is 0 Å². The average Bonchev–Trinajstić information content (AvgIpc) is 3.51. The quantitative estimate of drug-likeness (QED) is 0.508. The highest BCUT2D eigenvalue weighted by molar-refractivity contribution is 5.93. The summed E-state index contributed by atoms with van der Waals surface area (Å²) in [5.41, 5.74) is 3.31. The lowest BCUT2D eigenvalue weighted by Crippen LogP contribution is -2.36. The monoisotopic (exact) mass is 457 g/mol. The topological polar surface area (TPSA) is 91.8 Å². The zero-order chi connectivity index (χ0) is 24.0. The van der Waals surface area contributed by atoms with Crippen LogP contribution in [0.15, 0.2) is 42.6 Å². The molecule has 3 heterocycles. The lowest BCUT2D eigenvalue weighted by molar-refractivity contribution is 0.0934. The summed E-state index contributed by atoms with van der Waals surface area (Å²) in [6.07, 6.45) is 2.56. The van der Waals surface area contributed by atoms with E-state index in [4.69, 9.17) is 5.26 Å². The van der Waals surface area contributed by atoms with Crippen LogP contribution in [0.25, 0.3) is 28.0 Å². The van der Waals surface area contributed by atoms with Gasteiger partial charge in [0.15, 0.2) is 0 Å². The summed E-state index contributed by atoms with van der Waals surface area (Å²) in [6.45, 7) is 3.71. The third-order valence-corrected chi connectivity index (χ3v) is 6.40. The van der Waals surface area contributed by atoms with E-state index in [9.17, 15) is 9.18 Å². The molecular weight excluding hydrogens is 433 g/mol. The Bertz CT molecular complexity index is 1460. The molecule has 4 aromatic rings. The second-order valence-corrected chi connectivity index (χ2v) is 8.76. The Labute approximate surface area is 196 Å². The fraction of sp³-hybridized carbons (Fsp3) is 0.280. The fourth-order valence-electron chi connectivity index (χ4n) is 4.41. The summed E-state index contributed by atoms with van der Waals surface area (Å²) in [5.74, 6) is -0.487. The highest BCUT2D eigenvalue weighted by Crippen LogP contribution is 2.28. The molecule has 8 nitrogen and oxygen atoms in total. The van der Waals surface area contributed by atoms with Crippen LogP contribution < -0.4 is 5.32 Å². The highest BCUT2D eigenvalue weighted by atomic mass is 19.1. The van der Waals surface area contributed by atoms with Gasteiger partial charge in [0.05, 0.1) is 11.1 Å². The van der Waals surface area contributed by atoms with Gasteiger partial charge in [-0.05, 0) is 63.3 Å². The molecule has 1 aliphatic rings. The molecule has 1 N–H and O–H groups in total. The van der Waals surface area contributed by atoms with Gasteiger partial charge in [0.25, 0.3) is 5.91 Å². The molecule has 1 aliphatic heterocycles. The van der Waals surface area contributed by atoms with E-state index in [1.165, 1.54) is 12.1 Å². The minimum Gasteiger partial charge on any atom is -0.347 e. The molecule has 1 saturated heterocycles. The molecule has 2 aromatic carbocycles. The molecule has 0 unspecified atom stereocenters. The van der Waals surface area contributed by atoms with Crippen molar-refractivity contribution < 1.29 is 9.18 Å². The first-order valence-corrected chi connectivity index (χ1v) is 11.1. The zero-order valence-electron chi connectivity index (χ0n) is 19.2. The van der Waals surface area contributed by atoms with Gasteiger partial charge in [-0.15, -0.1) is 0 Å². The van der Waals surface area contributed by atoms with Gasteiger partial charge in [-0.25, -0.2) is 9.37 Å². The van der Waals surface area contributed by atoms with Gasteiger partial charge in [-0.1, -0.05) is 0 Å². The van der Waals surface area contributed by atoms with Crippen LogP contribution in [0.2, 0.25) is 0 Å². The Morgan fingerprint density at radius 1 is 1.24 bits per heavy atom. The summed E-state index contributed by atoms with van der Waals surface area (Å²) in [7, 11) is 3.91. The van der Waals surface area contributed by atoms with Crippen molar-refractivity contribution in [3.8, 4) is 23.1 Å². The summed E-state index contributed by atoms with van der Waals surface area (Å²) in [6, 6.07) is 12.0. The Kier molecular flexibility index (Phi) is 5.38. The number of halogens is 1. The molecule has 34 heavy (non-hydrogen) atoms. The number of amides is 1. The molecule has 1 amide bonds. The van der Waals surface area contributed by atoms with Crippen molar-refractivity contribution in [3.63, 3.8) is 0 Å². The first-order chi connectivity index (χ1) is 16.3. The van der Waals surface area contributed by atoms with Gasteiger partial charge in [-0.2, -0.15) is 10.4 Å². The number of aromatic nitrogens is 4. The molecule has 0 radical (unpaired) electrons. The summed E-state index contributed by atoms with van der Waals surface area (Å²) >= 11 is 0. The van der Waals surface area contributed by atoms with Crippen LogP contribution >= 0.6 is 0 Å².